The van der Waals surface area contributed by atoms with E-state index in [4.69, 9.17) is 11.6 Å². The fraction of sp³-hybridized carbons (Fsp3) is 0.353. The van der Waals surface area contributed by atoms with Crippen molar-refractivity contribution in [3.63, 3.8) is 0 Å². The molecule has 0 radical (unpaired) electrons. The van der Waals surface area contributed by atoms with Crippen LogP contribution in [0.1, 0.15) is 16.5 Å². The lowest BCUT2D eigenvalue weighted by Crippen LogP contribution is -2.49. The van der Waals surface area contributed by atoms with Crippen LogP contribution in [0.25, 0.3) is 0 Å². The van der Waals surface area contributed by atoms with E-state index in [2.05, 4.69) is 15.5 Å². The minimum absolute atomic E-state index is 0. The van der Waals surface area contributed by atoms with Crippen LogP contribution >= 0.6 is 35.3 Å². The van der Waals surface area contributed by atoms with Crippen LogP contribution < -0.4 is 10.6 Å². The Morgan fingerprint density at radius 3 is 2.92 bits per heavy atom. The molecule has 1 aromatic carbocycles. The summed E-state index contributed by atoms with van der Waals surface area (Å²) in [5.41, 5.74) is 1.08. The molecule has 2 N–H and O–H groups in total. The minimum atomic E-state index is 0. The summed E-state index contributed by atoms with van der Waals surface area (Å²) in [6.45, 7) is 3.52. The number of carbonyl (C=O) groups is 1. The Morgan fingerprint density at radius 2 is 2.17 bits per heavy atom. The molecule has 2 aromatic rings. The Labute approximate surface area is 157 Å². The maximum Gasteiger partial charge on any atom is 0.234 e. The zero-order chi connectivity index (χ0) is 16.1. The van der Waals surface area contributed by atoms with Crippen LogP contribution in [-0.2, 0) is 11.3 Å². The van der Waals surface area contributed by atoms with Gasteiger partial charge in [-0.25, -0.2) is 0 Å². The molecule has 0 aliphatic carbocycles. The van der Waals surface area contributed by atoms with Crippen LogP contribution in [0.3, 0.4) is 0 Å². The van der Waals surface area contributed by atoms with E-state index in [1.165, 1.54) is 4.88 Å². The largest absolute Gasteiger partial charge is 0.350 e. The van der Waals surface area contributed by atoms with Crippen LogP contribution in [0.4, 0.5) is 0 Å². The Hall–Kier alpha value is -1.11. The summed E-state index contributed by atoms with van der Waals surface area (Å²) in [7, 11) is 0. The molecule has 0 bridgehead atoms. The lowest BCUT2D eigenvalue weighted by atomic mass is 10.0. The highest BCUT2D eigenvalue weighted by Gasteiger charge is 2.26. The maximum atomic E-state index is 12.3. The van der Waals surface area contributed by atoms with Crippen molar-refractivity contribution in [2.45, 2.75) is 12.6 Å². The Balaban J connectivity index is 0.00000208. The van der Waals surface area contributed by atoms with Gasteiger partial charge in [0.05, 0.1) is 13.1 Å². The van der Waals surface area contributed by atoms with E-state index in [0.717, 1.165) is 30.2 Å². The van der Waals surface area contributed by atoms with E-state index in [1.54, 1.807) is 11.3 Å². The summed E-state index contributed by atoms with van der Waals surface area (Å²) >= 11 is 7.99. The number of nitrogens with zero attached hydrogens (tertiary/aromatic N) is 1. The van der Waals surface area contributed by atoms with Gasteiger partial charge >= 0.3 is 0 Å². The van der Waals surface area contributed by atoms with Gasteiger partial charge in [0.1, 0.15) is 0 Å². The molecule has 1 amide bonds. The number of piperazine rings is 1. The van der Waals surface area contributed by atoms with Crippen molar-refractivity contribution in [2.24, 2.45) is 0 Å². The molecular weight excluding hydrogens is 365 g/mol. The van der Waals surface area contributed by atoms with Crippen LogP contribution in [0.5, 0.6) is 0 Å². The van der Waals surface area contributed by atoms with E-state index >= 15 is 0 Å². The zero-order valence-corrected chi connectivity index (χ0v) is 15.6. The summed E-state index contributed by atoms with van der Waals surface area (Å²) in [6, 6.07) is 12.0. The van der Waals surface area contributed by atoms with Gasteiger partial charge in [-0.05, 0) is 23.1 Å². The topological polar surface area (TPSA) is 44.4 Å². The van der Waals surface area contributed by atoms with Gasteiger partial charge in [0.2, 0.25) is 5.91 Å². The molecular formula is C17H21Cl2N3OS. The molecule has 4 nitrogen and oxygen atoms in total. The average molecular weight is 386 g/mol. The predicted octanol–water partition coefficient (Wildman–Crippen LogP) is 3.09. The predicted molar refractivity (Wildman–Crippen MR) is 102 cm³/mol. The van der Waals surface area contributed by atoms with Crippen molar-refractivity contribution in [3.8, 4) is 0 Å². The van der Waals surface area contributed by atoms with E-state index in [9.17, 15) is 4.79 Å². The summed E-state index contributed by atoms with van der Waals surface area (Å²) < 4.78 is 0. The number of carbonyl (C=O) groups excluding carboxylic acids is 1. The molecule has 1 aliphatic rings. The number of hydrogen-bond donors (Lipinski definition) is 2. The van der Waals surface area contributed by atoms with E-state index < -0.39 is 0 Å². The Morgan fingerprint density at radius 1 is 1.33 bits per heavy atom. The van der Waals surface area contributed by atoms with Crippen LogP contribution in [0, 0.1) is 0 Å². The Bertz CT molecular complexity index is 651. The van der Waals surface area contributed by atoms with Crippen molar-refractivity contribution < 1.29 is 4.79 Å². The van der Waals surface area contributed by atoms with Gasteiger partial charge in [-0.2, -0.15) is 0 Å². The molecule has 3 rings (SSSR count). The third kappa shape index (κ3) is 4.94. The minimum Gasteiger partial charge on any atom is -0.350 e. The van der Waals surface area contributed by atoms with Gasteiger partial charge in [-0.3, -0.25) is 9.69 Å². The molecule has 0 spiro atoms. The molecule has 1 atom stereocenters. The number of nitrogens with one attached hydrogen (secondary N) is 2. The summed E-state index contributed by atoms with van der Waals surface area (Å²) in [4.78, 5) is 15.6. The van der Waals surface area contributed by atoms with Gasteiger partial charge in [-0.1, -0.05) is 35.9 Å². The molecule has 24 heavy (non-hydrogen) atoms. The zero-order valence-electron chi connectivity index (χ0n) is 13.2. The highest BCUT2D eigenvalue weighted by molar-refractivity contribution is 7.09. The quantitative estimate of drug-likeness (QED) is 0.830. The second-order valence-corrected chi connectivity index (χ2v) is 7.01. The van der Waals surface area contributed by atoms with Gasteiger partial charge in [0, 0.05) is 35.6 Å². The number of thiophene rings is 1. The Kier molecular flexibility index (Phi) is 7.52. The summed E-state index contributed by atoms with van der Waals surface area (Å²) in [6.07, 6.45) is 0. The molecule has 1 unspecified atom stereocenters. The first-order chi connectivity index (χ1) is 11.2. The normalized spacial score (nSPS) is 18.0. The second-order valence-electron chi connectivity index (χ2n) is 5.57. The number of hydrogen-bond acceptors (Lipinski definition) is 4. The van der Waals surface area contributed by atoms with Crippen LogP contribution in [-0.4, -0.2) is 37.0 Å². The van der Waals surface area contributed by atoms with E-state index in [-0.39, 0.29) is 24.4 Å². The second kappa shape index (κ2) is 9.39. The number of benzene rings is 1. The van der Waals surface area contributed by atoms with Crippen molar-refractivity contribution in [1.29, 1.82) is 0 Å². The summed E-state index contributed by atoms with van der Waals surface area (Å²) in [5, 5.41) is 9.16. The molecule has 1 aliphatic heterocycles. The van der Waals surface area contributed by atoms with Crippen molar-refractivity contribution in [3.05, 3.63) is 57.2 Å². The molecule has 2 heterocycles. The SMILES string of the molecule is Cl.O=C(CN1CCNCC1c1ccccc1Cl)NCc1cccs1. The molecule has 7 heteroatoms. The summed E-state index contributed by atoms with van der Waals surface area (Å²) in [5.74, 6) is 0.0531. The van der Waals surface area contributed by atoms with Crippen LogP contribution in [0.15, 0.2) is 41.8 Å². The molecule has 1 fully saturated rings. The van der Waals surface area contributed by atoms with Crippen molar-refractivity contribution in [2.75, 3.05) is 26.2 Å². The highest BCUT2D eigenvalue weighted by atomic mass is 35.5. The third-order valence-electron chi connectivity index (χ3n) is 4.01. The maximum absolute atomic E-state index is 12.3. The number of rotatable bonds is 5. The molecule has 1 aromatic heterocycles. The highest BCUT2D eigenvalue weighted by Crippen LogP contribution is 2.28. The molecule has 1 saturated heterocycles. The molecule has 130 valence electrons. The number of halogens is 2. The average Bonchev–Trinajstić information content (AvgIpc) is 3.08. The first kappa shape index (κ1) is 19.2. The number of amides is 1. The van der Waals surface area contributed by atoms with Gasteiger partial charge in [-0.15, -0.1) is 23.7 Å². The van der Waals surface area contributed by atoms with Gasteiger partial charge < -0.3 is 10.6 Å². The molecule has 0 saturated carbocycles. The van der Waals surface area contributed by atoms with Crippen molar-refractivity contribution >= 4 is 41.3 Å². The lowest BCUT2D eigenvalue weighted by molar-refractivity contribution is -0.123. The monoisotopic (exact) mass is 385 g/mol. The fourth-order valence-corrected chi connectivity index (χ4v) is 3.73. The van der Waals surface area contributed by atoms with E-state index in [0.29, 0.717) is 13.1 Å². The van der Waals surface area contributed by atoms with Gasteiger partial charge in [0.15, 0.2) is 0 Å². The van der Waals surface area contributed by atoms with Gasteiger partial charge in [0.25, 0.3) is 0 Å². The fourth-order valence-electron chi connectivity index (χ4n) is 2.83. The van der Waals surface area contributed by atoms with Crippen molar-refractivity contribution in [1.82, 2.24) is 15.5 Å². The first-order valence-electron chi connectivity index (χ1n) is 7.72. The third-order valence-corrected chi connectivity index (χ3v) is 5.23. The first-order valence-corrected chi connectivity index (χ1v) is 8.98. The van der Waals surface area contributed by atoms with Crippen LogP contribution in [0.2, 0.25) is 5.02 Å². The van der Waals surface area contributed by atoms with E-state index in [1.807, 2.05) is 41.8 Å². The lowest BCUT2D eigenvalue weighted by Gasteiger charge is -2.36. The smallest absolute Gasteiger partial charge is 0.234 e. The standard InChI is InChI=1S/C17H20ClN3OS.ClH/c18-15-6-2-1-5-14(15)16-11-19-7-8-21(16)12-17(22)20-10-13-4-3-9-23-13;/h1-6,9,16,19H,7-8,10-12H2,(H,20,22);1H.